The Bertz CT molecular complexity index is 865. The molecule has 2 aromatic carbocycles. The van der Waals surface area contributed by atoms with Gasteiger partial charge in [-0.1, -0.05) is 0 Å². The van der Waals surface area contributed by atoms with Gasteiger partial charge in [-0.25, -0.2) is 0 Å². The van der Waals surface area contributed by atoms with Gasteiger partial charge in [0.15, 0.2) is 0 Å². The minimum atomic E-state index is 0.249. The van der Waals surface area contributed by atoms with E-state index in [4.69, 9.17) is 32.7 Å². The van der Waals surface area contributed by atoms with Crippen molar-refractivity contribution in [2.75, 3.05) is 14.2 Å². The van der Waals surface area contributed by atoms with Crippen LogP contribution in [0.15, 0.2) is 55.1 Å². The molecule has 1 unspecified atom stereocenters. The van der Waals surface area contributed by atoms with Crippen molar-refractivity contribution in [2.24, 2.45) is 0 Å². The molecule has 0 aliphatic carbocycles. The number of imidazole rings is 1. The first-order valence-electron chi connectivity index (χ1n) is 8.33. The van der Waals surface area contributed by atoms with Gasteiger partial charge in [-0.3, -0.25) is 0 Å². The van der Waals surface area contributed by atoms with Crippen LogP contribution in [-0.2, 0) is 11.9 Å². The fraction of sp³-hybridized carbons (Fsp3) is 0.250. The molecule has 0 bridgehead atoms. The summed E-state index contributed by atoms with van der Waals surface area (Å²) in [6, 6.07) is 11.7. The van der Waals surface area contributed by atoms with Crippen LogP contribution in [0.4, 0.5) is 0 Å². The van der Waals surface area contributed by atoms with Gasteiger partial charge >= 0.3 is 176 Å². The Morgan fingerprint density at radius 3 is 2.41 bits per heavy atom. The molecule has 142 valence electrons. The number of ether oxygens (including phenoxy) is 2. The number of halogens is 2. The predicted octanol–water partition coefficient (Wildman–Crippen LogP) is 4.85. The third-order valence-electron chi connectivity index (χ3n) is 4.11. The molecule has 7 heteroatoms. The van der Waals surface area contributed by atoms with E-state index in [1.54, 1.807) is 20.4 Å². The van der Waals surface area contributed by atoms with E-state index < -0.39 is 0 Å². The van der Waals surface area contributed by atoms with Crippen LogP contribution >= 0.6 is 23.2 Å². The Hall–Kier alpha value is -1.65. The van der Waals surface area contributed by atoms with Crippen molar-refractivity contribution in [1.82, 2.24) is 9.55 Å². The molecule has 3 aromatic rings. The molecule has 1 heterocycles. The standard InChI is InChI=1S/C20H20Cl2N2O2Se/c1-25-16-7-14(8-17(10-16)26-2)12-27-20(11-24-6-5-23-13-24)18-4-3-15(21)9-19(18)22/h3-10,13,20H,11-12H2,1-2H3. The second kappa shape index (κ2) is 9.52. The van der Waals surface area contributed by atoms with Crippen molar-refractivity contribution in [3.63, 3.8) is 0 Å². The summed E-state index contributed by atoms with van der Waals surface area (Å²) in [7, 11) is 3.33. The molecule has 3 rings (SSSR count). The number of hydrogen-bond donors (Lipinski definition) is 0. The molecule has 0 amide bonds. The van der Waals surface area contributed by atoms with Crippen molar-refractivity contribution in [3.05, 3.63) is 76.3 Å². The van der Waals surface area contributed by atoms with Crippen molar-refractivity contribution >= 4 is 38.2 Å². The van der Waals surface area contributed by atoms with Crippen LogP contribution in [-0.4, -0.2) is 38.7 Å². The van der Waals surface area contributed by atoms with Crippen LogP contribution in [0.5, 0.6) is 11.5 Å². The fourth-order valence-corrected chi connectivity index (χ4v) is 5.99. The third kappa shape index (κ3) is 5.42. The Balaban J connectivity index is 1.83. The summed E-state index contributed by atoms with van der Waals surface area (Å²) in [4.78, 5) is 4.44. The van der Waals surface area contributed by atoms with E-state index in [1.807, 2.05) is 36.8 Å². The average molecular weight is 470 g/mol. The second-order valence-corrected chi connectivity index (χ2v) is 9.29. The summed E-state index contributed by atoms with van der Waals surface area (Å²) < 4.78 is 12.9. The van der Waals surface area contributed by atoms with Crippen LogP contribution in [0.25, 0.3) is 0 Å². The first-order valence-corrected chi connectivity index (χ1v) is 11.3. The van der Waals surface area contributed by atoms with Gasteiger partial charge < -0.3 is 0 Å². The summed E-state index contributed by atoms with van der Waals surface area (Å²) in [5, 5.41) is 2.28. The van der Waals surface area contributed by atoms with Crippen molar-refractivity contribution in [3.8, 4) is 11.5 Å². The maximum atomic E-state index is 6.50. The molecule has 0 aliphatic rings. The van der Waals surface area contributed by atoms with Gasteiger partial charge in [-0.2, -0.15) is 0 Å². The van der Waals surface area contributed by atoms with Crippen molar-refractivity contribution in [2.45, 2.75) is 16.7 Å². The number of nitrogens with zero attached hydrogens (tertiary/aromatic N) is 2. The molecule has 1 aromatic heterocycles. The van der Waals surface area contributed by atoms with Crippen LogP contribution in [0.1, 0.15) is 15.9 Å². The summed E-state index contributed by atoms with van der Waals surface area (Å²) in [6.07, 6.45) is 5.60. The normalized spacial score (nSPS) is 12.0. The molecule has 1 atom stereocenters. The van der Waals surface area contributed by atoms with Gasteiger partial charge in [0.1, 0.15) is 0 Å². The summed E-state index contributed by atoms with van der Waals surface area (Å²) in [6.45, 7) is 0.822. The van der Waals surface area contributed by atoms with Crippen molar-refractivity contribution < 1.29 is 9.47 Å². The van der Waals surface area contributed by atoms with E-state index >= 15 is 0 Å². The van der Waals surface area contributed by atoms with E-state index in [-0.39, 0.29) is 19.8 Å². The predicted molar refractivity (Wildman–Crippen MR) is 110 cm³/mol. The monoisotopic (exact) mass is 470 g/mol. The zero-order valence-corrected chi connectivity index (χ0v) is 18.3. The van der Waals surface area contributed by atoms with E-state index in [9.17, 15) is 0 Å². The molecule has 0 saturated heterocycles. The number of hydrogen-bond acceptors (Lipinski definition) is 3. The first-order chi connectivity index (χ1) is 13.1. The van der Waals surface area contributed by atoms with Crippen LogP contribution in [0.2, 0.25) is 10.0 Å². The fourth-order valence-electron chi connectivity index (χ4n) is 2.74. The molecule has 4 nitrogen and oxygen atoms in total. The molecule has 0 N–H and O–H groups in total. The van der Waals surface area contributed by atoms with Gasteiger partial charge in [0.05, 0.1) is 0 Å². The topological polar surface area (TPSA) is 36.3 Å². The molecule has 0 spiro atoms. The van der Waals surface area contributed by atoms with Crippen molar-refractivity contribution in [1.29, 1.82) is 0 Å². The van der Waals surface area contributed by atoms with Gasteiger partial charge in [0.25, 0.3) is 0 Å². The molecule has 27 heavy (non-hydrogen) atoms. The second-order valence-electron chi connectivity index (χ2n) is 5.95. The SMILES string of the molecule is COc1cc(C[Se]C(Cn2ccnc2)c2ccc(Cl)cc2Cl)cc(OC)c1. The Morgan fingerprint density at radius 2 is 1.81 bits per heavy atom. The van der Waals surface area contributed by atoms with Gasteiger partial charge in [0.2, 0.25) is 0 Å². The number of methoxy groups -OCH3 is 2. The quantitative estimate of drug-likeness (QED) is 0.442. The molecule has 0 radical (unpaired) electrons. The third-order valence-corrected chi connectivity index (χ3v) is 7.41. The molecular weight excluding hydrogens is 450 g/mol. The summed E-state index contributed by atoms with van der Waals surface area (Å²) in [5.41, 5.74) is 2.30. The van der Waals surface area contributed by atoms with Gasteiger partial charge in [0, 0.05) is 0 Å². The molecular formula is C20H20Cl2N2O2Se. The van der Waals surface area contributed by atoms with Crippen LogP contribution < -0.4 is 9.47 Å². The minimum absolute atomic E-state index is 0.249. The van der Waals surface area contributed by atoms with E-state index in [0.29, 0.717) is 10.0 Å². The van der Waals surface area contributed by atoms with E-state index in [1.165, 1.54) is 5.56 Å². The van der Waals surface area contributed by atoms with E-state index in [2.05, 4.69) is 21.7 Å². The van der Waals surface area contributed by atoms with Gasteiger partial charge in [-0.05, 0) is 0 Å². The number of aromatic nitrogens is 2. The number of rotatable bonds is 8. The zero-order valence-electron chi connectivity index (χ0n) is 15.1. The zero-order chi connectivity index (χ0) is 19.2. The number of benzene rings is 2. The van der Waals surface area contributed by atoms with Gasteiger partial charge in [-0.15, -0.1) is 0 Å². The Morgan fingerprint density at radius 1 is 1.07 bits per heavy atom. The Labute approximate surface area is 175 Å². The maximum absolute atomic E-state index is 6.50. The summed E-state index contributed by atoms with van der Waals surface area (Å²) >= 11 is 12.8. The Kier molecular flexibility index (Phi) is 7.08. The van der Waals surface area contributed by atoms with Crippen LogP contribution in [0, 0.1) is 0 Å². The van der Waals surface area contributed by atoms with Crippen LogP contribution in [0.3, 0.4) is 0 Å². The molecule has 0 aliphatic heterocycles. The molecule has 0 saturated carbocycles. The molecule has 0 fully saturated rings. The van der Waals surface area contributed by atoms with E-state index in [0.717, 1.165) is 28.9 Å². The summed E-state index contributed by atoms with van der Waals surface area (Å²) in [5.74, 6) is 1.60. The first kappa shape index (κ1) is 20.1. The average Bonchev–Trinajstić information content (AvgIpc) is 3.18.